The third-order valence-electron chi connectivity index (χ3n) is 1.97. The van der Waals surface area contributed by atoms with Gasteiger partial charge in [0.25, 0.3) is 11.8 Å². The molecule has 0 atom stereocenters. The fourth-order valence-corrected chi connectivity index (χ4v) is 1.40. The van der Waals surface area contributed by atoms with Gasteiger partial charge in [0.15, 0.2) is 0 Å². The summed E-state index contributed by atoms with van der Waals surface area (Å²) in [4.78, 5) is 23.4. The van der Waals surface area contributed by atoms with Crippen LogP contribution in [-0.4, -0.2) is 11.8 Å². The molecule has 0 radical (unpaired) electrons. The second-order valence-corrected chi connectivity index (χ2v) is 3.35. The second kappa shape index (κ2) is 3.47. The van der Waals surface area contributed by atoms with Gasteiger partial charge in [-0.25, -0.2) is 9.29 Å². The van der Waals surface area contributed by atoms with Crippen molar-refractivity contribution in [2.75, 3.05) is 4.90 Å². The maximum atomic E-state index is 13.1. The van der Waals surface area contributed by atoms with Gasteiger partial charge in [-0.1, -0.05) is 11.6 Å². The van der Waals surface area contributed by atoms with E-state index < -0.39 is 17.6 Å². The molecule has 0 fully saturated rings. The van der Waals surface area contributed by atoms with Crippen LogP contribution in [0.4, 0.5) is 10.1 Å². The lowest BCUT2D eigenvalue weighted by molar-refractivity contribution is -0.119. The Morgan fingerprint density at radius 2 is 1.73 bits per heavy atom. The highest BCUT2D eigenvalue weighted by molar-refractivity contribution is 6.31. The predicted molar refractivity (Wildman–Crippen MR) is 53.0 cm³/mol. The van der Waals surface area contributed by atoms with Crippen molar-refractivity contribution in [2.45, 2.75) is 0 Å². The first-order chi connectivity index (χ1) is 7.09. The number of imide groups is 1. The third-order valence-corrected chi connectivity index (χ3v) is 2.28. The lowest BCUT2D eigenvalue weighted by atomic mass is 10.3. The predicted octanol–water partition coefficient (Wildman–Crippen LogP) is 1.91. The van der Waals surface area contributed by atoms with Crippen molar-refractivity contribution in [3.63, 3.8) is 0 Å². The minimum absolute atomic E-state index is 0.0502. The molecule has 0 unspecified atom stereocenters. The quantitative estimate of drug-likeness (QED) is 0.685. The van der Waals surface area contributed by atoms with Crippen LogP contribution < -0.4 is 4.90 Å². The number of carbonyl (C=O) groups is 2. The van der Waals surface area contributed by atoms with Gasteiger partial charge in [0, 0.05) is 12.2 Å². The Hall–Kier alpha value is -1.68. The van der Waals surface area contributed by atoms with Crippen molar-refractivity contribution < 1.29 is 14.0 Å². The van der Waals surface area contributed by atoms with Crippen molar-refractivity contribution >= 4 is 29.1 Å². The standard InChI is InChI=1S/C10H5ClFNO2/c11-7-2-1-6(5-8(7)12)13-9(14)3-4-10(13)15/h1-5H. The number of amides is 2. The van der Waals surface area contributed by atoms with Gasteiger partial charge in [0.1, 0.15) is 5.82 Å². The summed E-state index contributed by atoms with van der Waals surface area (Å²) in [5, 5.41) is -0.0502. The first-order valence-corrected chi connectivity index (χ1v) is 4.48. The van der Waals surface area contributed by atoms with Gasteiger partial charge in [0.05, 0.1) is 10.7 Å². The Morgan fingerprint density at radius 1 is 1.13 bits per heavy atom. The Balaban J connectivity index is 2.42. The van der Waals surface area contributed by atoms with Crippen molar-refractivity contribution in [2.24, 2.45) is 0 Å². The molecule has 1 aromatic carbocycles. The molecule has 1 aliphatic rings. The van der Waals surface area contributed by atoms with Gasteiger partial charge in [-0.15, -0.1) is 0 Å². The summed E-state index contributed by atoms with van der Waals surface area (Å²) in [5.74, 6) is -1.63. The molecule has 0 aromatic heterocycles. The van der Waals surface area contributed by atoms with E-state index in [-0.39, 0.29) is 10.7 Å². The van der Waals surface area contributed by atoms with Gasteiger partial charge in [-0.05, 0) is 18.2 Å². The molecule has 15 heavy (non-hydrogen) atoms. The average Bonchev–Trinajstić information content (AvgIpc) is 2.52. The second-order valence-electron chi connectivity index (χ2n) is 2.94. The maximum absolute atomic E-state index is 13.1. The molecule has 2 rings (SSSR count). The summed E-state index contributed by atoms with van der Waals surface area (Å²) in [5.41, 5.74) is 0.178. The van der Waals surface area contributed by atoms with Crippen LogP contribution in [0, 0.1) is 5.82 Å². The first kappa shape index (κ1) is 9.86. The molecular formula is C10H5ClFNO2. The number of rotatable bonds is 1. The number of benzene rings is 1. The first-order valence-electron chi connectivity index (χ1n) is 4.11. The number of hydrogen-bond acceptors (Lipinski definition) is 2. The van der Waals surface area contributed by atoms with E-state index in [1.807, 2.05) is 0 Å². The molecular weight excluding hydrogens is 221 g/mol. The van der Waals surface area contributed by atoms with E-state index in [1.54, 1.807) is 0 Å². The van der Waals surface area contributed by atoms with Gasteiger partial charge in [0.2, 0.25) is 0 Å². The monoisotopic (exact) mass is 225 g/mol. The Labute approximate surface area is 89.7 Å². The van der Waals surface area contributed by atoms with Crippen LogP contribution in [0.5, 0.6) is 0 Å². The summed E-state index contributed by atoms with van der Waals surface area (Å²) in [6.45, 7) is 0. The molecule has 0 bridgehead atoms. The molecule has 5 heteroatoms. The maximum Gasteiger partial charge on any atom is 0.258 e. The highest BCUT2D eigenvalue weighted by Crippen LogP contribution is 2.24. The minimum Gasteiger partial charge on any atom is -0.269 e. The van der Waals surface area contributed by atoms with Crippen LogP contribution in [0.15, 0.2) is 30.4 Å². The zero-order valence-electron chi connectivity index (χ0n) is 7.41. The molecule has 0 saturated carbocycles. The molecule has 76 valence electrons. The van der Waals surface area contributed by atoms with Crippen molar-refractivity contribution in [3.8, 4) is 0 Å². The Bertz CT molecular complexity index is 466. The van der Waals surface area contributed by atoms with Crippen LogP contribution in [-0.2, 0) is 9.59 Å². The highest BCUT2D eigenvalue weighted by Gasteiger charge is 2.25. The van der Waals surface area contributed by atoms with E-state index in [0.717, 1.165) is 23.1 Å². The number of halogens is 2. The topological polar surface area (TPSA) is 37.4 Å². The largest absolute Gasteiger partial charge is 0.269 e. The van der Waals surface area contributed by atoms with E-state index in [9.17, 15) is 14.0 Å². The minimum atomic E-state index is -0.665. The third kappa shape index (κ3) is 1.64. The SMILES string of the molecule is O=C1C=CC(=O)N1c1ccc(Cl)c(F)c1. The van der Waals surface area contributed by atoms with Crippen molar-refractivity contribution in [1.29, 1.82) is 0 Å². The molecule has 0 saturated heterocycles. The number of carbonyl (C=O) groups excluding carboxylic acids is 2. The van der Waals surface area contributed by atoms with Crippen LogP contribution in [0.1, 0.15) is 0 Å². The van der Waals surface area contributed by atoms with Crippen LogP contribution >= 0.6 is 11.6 Å². The molecule has 2 amide bonds. The van der Waals surface area contributed by atoms with E-state index >= 15 is 0 Å². The number of nitrogens with zero attached hydrogens (tertiary/aromatic N) is 1. The van der Waals surface area contributed by atoms with Gasteiger partial charge >= 0.3 is 0 Å². The van der Waals surface area contributed by atoms with E-state index in [1.165, 1.54) is 12.1 Å². The molecule has 0 aliphatic carbocycles. The zero-order chi connectivity index (χ0) is 11.0. The van der Waals surface area contributed by atoms with Crippen molar-refractivity contribution in [1.82, 2.24) is 0 Å². The zero-order valence-corrected chi connectivity index (χ0v) is 8.16. The Kier molecular flexibility index (Phi) is 2.28. The lowest BCUT2D eigenvalue weighted by Gasteiger charge is -2.13. The van der Waals surface area contributed by atoms with Crippen LogP contribution in [0.3, 0.4) is 0 Å². The summed E-state index contributed by atoms with van der Waals surface area (Å²) < 4.78 is 13.1. The molecule has 3 nitrogen and oxygen atoms in total. The van der Waals surface area contributed by atoms with Gasteiger partial charge < -0.3 is 0 Å². The van der Waals surface area contributed by atoms with Gasteiger partial charge in [-0.2, -0.15) is 0 Å². The van der Waals surface area contributed by atoms with Crippen LogP contribution in [0.25, 0.3) is 0 Å². The van der Waals surface area contributed by atoms with Crippen LogP contribution in [0.2, 0.25) is 5.02 Å². The smallest absolute Gasteiger partial charge is 0.258 e. The van der Waals surface area contributed by atoms with Crippen molar-refractivity contribution in [3.05, 3.63) is 41.2 Å². The summed E-state index contributed by atoms with van der Waals surface area (Å²) in [6, 6.07) is 3.75. The highest BCUT2D eigenvalue weighted by atomic mass is 35.5. The van der Waals surface area contributed by atoms with E-state index in [0.29, 0.717) is 0 Å². The Morgan fingerprint density at radius 3 is 2.27 bits per heavy atom. The summed E-state index contributed by atoms with van der Waals surface area (Å²) in [6.07, 6.45) is 2.27. The van der Waals surface area contributed by atoms with E-state index in [2.05, 4.69) is 0 Å². The molecule has 0 spiro atoms. The summed E-state index contributed by atoms with van der Waals surface area (Å²) in [7, 11) is 0. The molecule has 1 aliphatic heterocycles. The fraction of sp³-hybridized carbons (Fsp3) is 0. The fourth-order valence-electron chi connectivity index (χ4n) is 1.28. The van der Waals surface area contributed by atoms with Gasteiger partial charge in [-0.3, -0.25) is 9.59 Å². The molecule has 0 N–H and O–H groups in total. The summed E-state index contributed by atoms with van der Waals surface area (Å²) >= 11 is 5.48. The van der Waals surface area contributed by atoms with E-state index in [4.69, 9.17) is 11.6 Å². The molecule has 1 aromatic rings. The molecule has 1 heterocycles. The lowest BCUT2D eigenvalue weighted by Crippen LogP contribution is -2.29. The number of anilines is 1. The number of hydrogen-bond donors (Lipinski definition) is 0. The average molecular weight is 226 g/mol. The normalized spacial score (nSPS) is 15.2.